The van der Waals surface area contributed by atoms with Gasteiger partial charge in [-0.1, -0.05) is 31.5 Å². The Labute approximate surface area is 99.4 Å². The van der Waals surface area contributed by atoms with Gasteiger partial charge in [-0.2, -0.15) is 0 Å². The summed E-state index contributed by atoms with van der Waals surface area (Å²) in [4.78, 5) is 10.8. The predicted molar refractivity (Wildman–Crippen MR) is 61.2 cm³/mol. The predicted octanol–water partition coefficient (Wildman–Crippen LogP) is 2.69. The van der Waals surface area contributed by atoms with Gasteiger partial charge in [0.2, 0.25) is 0 Å². The van der Waals surface area contributed by atoms with Gasteiger partial charge in [-0.15, -0.1) is 0 Å². The van der Waals surface area contributed by atoms with E-state index < -0.39 is 17.6 Å². The maximum Gasteiger partial charge on any atom is 0.407 e. The van der Waals surface area contributed by atoms with E-state index in [4.69, 9.17) is 9.84 Å². The molecule has 0 saturated heterocycles. The lowest BCUT2D eigenvalue weighted by molar-refractivity contribution is -0.0492. The van der Waals surface area contributed by atoms with Crippen LogP contribution in [0.5, 0.6) is 0 Å². The number of hydrogen-bond acceptors (Lipinski definition) is 2. The van der Waals surface area contributed by atoms with Gasteiger partial charge in [0.15, 0.2) is 5.72 Å². The molecule has 0 saturated carbocycles. The molecular weight excluding hydrogens is 225 g/mol. The standard InChI is InChI=1S/C12H16FNO3/c1-3-8-12(17-2,14-11(15)16)9-6-4-5-7-10(9)13/h4-7,14H,3,8H2,1-2H3,(H,15,16). The largest absolute Gasteiger partial charge is 0.465 e. The number of ether oxygens (including phenoxy) is 1. The first-order chi connectivity index (χ1) is 8.05. The van der Waals surface area contributed by atoms with Crippen molar-refractivity contribution in [2.45, 2.75) is 25.5 Å². The summed E-state index contributed by atoms with van der Waals surface area (Å²) in [6.07, 6.45) is -0.234. The van der Waals surface area contributed by atoms with Crippen molar-refractivity contribution in [2.75, 3.05) is 7.11 Å². The van der Waals surface area contributed by atoms with Gasteiger partial charge >= 0.3 is 6.09 Å². The maximum absolute atomic E-state index is 13.7. The monoisotopic (exact) mass is 241 g/mol. The van der Waals surface area contributed by atoms with E-state index >= 15 is 0 Å². The first-order valence-corrected chi connectivity index (χ1v) is 5.37. The van der Waals surface area contributed by atoms with E-state index in [9.17, 15) is 9.18 Å². The maximum atomic E-state index is 13.7. The molecule has 1 aromatic carbocycles. The minimum Gasteiger partial charge on any atom is -0.465 e. The van der Waals surface area contributed by atoms with Crippen molar-refractivity contribution in [1.82, 2.24) is 5.32 Å². The molecule has 1 amide bonds. The number of carbonyl (C=O) groups is 1. The number of carboxylic acid groups (broad SMARTS) is 1. The van der Waals surface area contributed by atoms with Crippen molar-refractivity contribution in [3.63, 3.8) is 0 Å². The summed E-state index contributed by atoms with van der Waals surface area (Å²) >= 11 is 0. The normalized spacial score (nSPS) is 14.1. The first kappa shape index (κ1) is 13.4. The Kier molecular flexibility index (Phi) is 4.45. The van der Waals surface area contributed by atoms with Crippen LogP contribution < -0.4 is 5.32 Å². The molecule has 0 aliphatic rings. The van der Waals surface area contributed by atoms with Crippen LogP contribution in [0.3, 0.4) is 0 Å². The molecule has 1 atom stereocenters. The Bertz CT molecular complexity index is 397. The highest BCUT2D eigenvalue weighted by molar-refractivity contribution is 5.65. The van der Waals surface area contributed by atoms with Crippen molar-refractivity contribution in [3.8, 4) is 0 Å². The SMILES string of the molecule is CCCC(NC(=O)O)(OC)c1ccccc1F. The van der Waals surface area contributed by atoms with Gasteiger partial charge in [0, 0.05) is 12.7 Å². The third kappa shape index (κ3) is 2.94. The number of methoxy groups -OCH3 is 1. The Balaban J connectivity index is 3.21. The molecule has 0 aromatic heterocycles. The van der Waals surface area contributed by atoms with E-state index in [1.807, 2.05) is 6.92 Å². The van der Waals surface area contributed by atoms with Crippen LogP contribution in [0.2, 0.25) is 0 Å². The Morgan fingerprint density at radius 3 is 2.65 bits per heavy atom. The molecule has 2 N–H and O–H groups in total. The molecule has 17 heavy (non-hydrogen) atoms. The molecular formula is C12H16FNO3. The van der Waals surface area contributed by atoms with Crippen LogP contribution in [0, 0.1) is 5.82 Å². The number of nitrogens with one attached hydrogen (secondary N) is 1. The van der Waals surface area contributed by atoms with Crippen molar-refractivity contribution >= 4 is 6.09 Å². The molecule has 94 valence electrons. The Morgan fingerprint density at radius 1 is 1.53 bits per heavy atom. The summed E-state index contributed by atoms with van der Waals surface area (Å²) < 4.78 is 19.0. The minimum absolute atomic E-state index is 0.201. The number of halogens is 1. The number of amides is 1. The smallest absolute Gasteiger partial charge is 0.407 e. The van der Waals surface area contributed by atoms with Crippen LogP contribution in [-0.2, 0) is 10.5 Å². The van der Waals surface area contributed by atoms with E-state index in [-0.39, 0.29) is 5.56 Å². The van der Waals surface area contributed by atoms with Gasteiger partial charge in [-0.05, 0) is 12.5 Å². The number of hydrogen-bond donors (Lipinski definition) is 2. The van der Waals surface area contributed by atoms with Crippen LogP contribution in [-0.4, -0.2) is 18.3 Å². The lowest BCUT2D eigenvalue weighted by Crippen LogP contribution is -2.47. The van der Waals surface area contributed by atoms with Crippen molar-refractivity contribution in [2.24, 2.45) is 0 Å². The van der Waals surface area contributed by atoms with Gasteiger partial charge in [0.1, 0.15) is 5.82 Å². The molecule has 1 aromatic rings. The average molecular weight is 241 g/mol. The van der Waals surface area contributed by atoms with E-state index in [1.54, 1.807) is 12.1 Å². The summed E-state index contributed by atoms with van der Waals surface area (Å²) in [6, 6.07) is 5.99. The summed E-state index contributed by atoms with van der Waals surface area (Å²) in [5.74, 6) is -0.489. The van der Waals surface area contributed by atoms with Gasteiger partial charge in [-0.3, -0.25) is 5.32 Å². The molecule has 0 fully saturated rings. The average Bonchev–Trinajstić information content (AvgIpc) is 2.28. The fraction of sp³-hybridized carbons (Fsp3) is 0.417. The minimum atomic E-state index is -1.33. The highest BCUT2D eigenvalue weighted by Crippen LogP contribution is 2.29. The fourth-order valence-corrected chi connectivity index (χ4v) is 1.84. The second-order valence-electron chi connectivity index (χ2n) is 3.69. The lowest BCUT2D eigenvalue weighted by atomic mass is 9.97. The quantitative estimate of drug-likeness (QED) is 0.779. The molecule has 1 rings (SSSR count). The highest BCUT2D eigenvalue weighted by atomic mass is 19.1. The summed E-state index contributed by atoms with van der Waals surface area (Å²) in [6.45, 7) is 1.87. The molecule has 5 heteroatoms. The first-order valence-electron chi connectivity index (χ1n) is 5.37. The molecule has 0 aliphatic heterocycles. The molecule has 0 spiro atoms. The number of benzene rings is 1. The van der Waals surface area contributed by atoms with E-state index in [2.05, 4.69) is 5.32 Å². The molecule has 0 heterocycles. The molecule has 0 bridgehead atoms. The van der Waals surface area contributed by atoms with Crippen LogP contribution in [0.15, 0.2) is 24.3 Å². The summed E-state index contributed by atoms with van der Waals surface area (Å²) in [5.41, 5.74) is -1.13. The fourth-order valence-electron chi connectivity index (χ4n) is 1.84. The van der Waals surface area contributed by atoms with Gasteiger partial charge in [-0.25, -0.2) is 9.18 Å². The second kappa shape index (κ2) is 5.63. The van der Waals surface area contributed by atoms with Crippen LogP contribution >= 0.6 is 0 Å². The molecule has 1 unspecified atom stereocenters. The lowest BCUT2D eigenvalue weighted by Gasteiger charge is -2.32. The van der Waals surface area contributed by atoms with E-state index in [1.165, 1.54) is 19.2 Å². The van der Waals surface area contributed by atoms with Crippen LogP contribution in [0.25, 0.3) is 0 Å². The van der Waals surface area contributed by atoms with Crippen molar-refractivity contribution < 1.29 is 19.0 Å². The molecule has 0 aliphatic carbocycles. The summed E-state index contributed by atoms with van der Waals surface area (Å²) in [7, 11) is 1.36. The third-order valence-electron chi connectivity index (χ3n) is 2.57. The zero-order valence-corrected chi connectivity index (χ0v) is 9.87. The van der Waals surface area contributed by atoms with Crippen molar-refractivity contribution in [1.29, 1.82) is 0 Å². The van der Waals surface area contributed by atoms with E-state index in [0.717, 1.165) is 0 Å². The van der Waals surface area contributed by atoms with E-state index in [0.29, 0.717) is 12.8 Å². The Morgan fingerprint density at radius 2 is 2.18 bits per heavy atom. The van der Waals surface area contributed by atoms with Crippen LogP contribution in [0.1, 0.15) is 25.3 Å². The van der Waals surface area contributed by atoms with Gasteiger partial charge in [0.25, 0.3) is 0 Å². The van der Waals surface area contributed by atoms with Crippen LogP contribution in [0.4, 0.5) is 9.18 Å². The topological polar surface area (TPSA) is 58.6 Å². The van der Waals surface area contributed by atoms with Gasteiger partial charge < -0.3 is 9.84 Å². The van der Waals surface area contributed by atoms with Crippen molar-refractivity contribution in [3.05, 3.63) is 35.6 Å². The zero-order chi connectivity index (χ0) is 12.9. The molecule has 0 radical (unpaired) electrons. The summed E-state index contributed by atoms with van der Waals surface area (Å²) in [5, 5.41) is 11.1. The second-order valence-corrected chi connectivity index (χ2v) is 3.69. The van der Waals surface area contributed by atoms with Gasteiger partial charge in [0.05, 0.1) is 0 Å². The number of rotatable bonds is 5. The zero-order valence-electron chi connectivity index (χ0n) is 9.87. The third-order valence-corrected chi connectivity index (χ3v) is 2.57. The Hall–Kier alpha value is -1.62. The molecule has 4 nitrogen and oxygen atoms in total. The highest BCUT2D eigenvalue weighted by Gasteiger charge is 2.35.